The molecule has 3 aromatic rings. The molecule has 1 unspecified atom stereocenters. The third-order valence-corrected chi connectivity index (χ3v) is 6.84. The summed E-state index contributed by atoms with van der Waals surface area (Å²) in [5, 5.41) is 13.0. The van der Waals surface area contributed by atoms with Gasteiger partial charge in [-0.05, 0) is 60.6 Å². The first-order valence-corrected chi connectivity index (χ1v) is 11.9. The van der Waals surface area contributed by atoms with Gasteiger partial charge in [0.2, 0.25) is 5.91 Å². The van der Waals surface area contributed by atoms with Gasteiger partial charge in [-0.25, -0.2) is 0 Å². The maximum absolute atomic E-state index is 13.4. The Hall–Kier alpha value is -3.54. The molecule has 6 nitrogen and oxygen atoms in total. The number of aromatic nitrogens is 1. The summed E-state index contributed by atoms with van der Waals surface area (Å²) in [4.78, 5) is 13.3. The largest absolute Gasteiger partial charge is 0.586 e. The normalized spacial score (nSPS) is 18.0. The third-order valence-electron chi connectivity index (χ3n) is 6.84. The predicted molar refractivity (Wildman–Crippen MR) is 133 cm³/mol. The molecule has 1 amide bonds. The van der Waals surface area contributed by atoms with Gasteiger partial charge in [0.15, 0.2) is 11.5 Å². The average Bonchev–Trinajstić information content (AvgIpc) is 3.43. The van der Waals surface area contributed by atoms with Crippen LogP contribution >= 0.6 is 0 Å². The van der Waals surface area contributed by atoms with Gasteiger partial charge >= 0.3 is 6.29 Å². The van der Waals surface area contributed by atoms with Crippen LogP contribution < -0.4 is 14.8 Å². The van der Waals surface area contributed by atoms with Crippen molar-refractivity contribution in [1.29, 1.82) is 5.26 Å². The van der Waals surface area contributed by atoms with Crippen molar-refractivity contribution in [1.82, 2.24) is 4.57 Å². The van der Waals surface area contributed by atoms with Gasteiger partial charge in [-0.15, -0.1) is 8.78 Å². The number of ether oxygens (including phenoxy) is 2. The zero-order valence-electron chi connectivity index (χ0n) is 20.4. The lowest BCUT2D eigenvalue weighted by molar-refractivity contribution is -0.286. The Kier molecular flexibility index (Phi) is 5.55. The summed E-state index contributed by atoms with van der Waals surface area (Å²) in [5.41, 5.74) is 2.38. The number of nitrogens with one attached hydrogen (secondary N) is 1. The first-order chi connectivity index (χ1) is 16.9. The van der Waals surface area contributed by atoms with Crippen molar-refractivity contribution < 1.29 is 23.0 Å². The highest BCUT2D eigenvalue weighted by Gasteiger charge is 2.52. The van der Waals surface area contributed by atoms with Gasteiger partial charge in [-0.2, -0.15) is 5.26 Å². The number of halogens is 2. The van der Waals surface area contributed by atoms with Gasteiger partial charge in [-0.3, -0.25) is 4.79 Å². The van der Waals surface area contributed by atoms with Crippen LogP contribution in [-0.4, -0.2) is 24.6 Å². The second kappa shape index (κ2) is 8.26. The fraction of sp³-hybridized carbons (Fsp3) is 0.407. The van der Waals surface area contributed by atoms with Crippen LogP contribution in [0, 0.1) is 11.3 Å². The Morgan fingerprint density at radius 1 is 1.17 bits per heavy atom. The van der Waals surface area contributed by atoms with Crippen LogP contribution in [0.15, 0.2) is 42.5 Å². The molecule has 2 heterocycles. The molecule has 2 aliphatic rings. The molecule has 1 aliphatic carbocycles. The number of alkyl halides is 2. The molecule has 184 valence electrons. The number of carbonyl (C=O) groups excluding carboxylic acids is 1. The van der Waals surface area contributed by atoms with Gasteiger partial charge in [0.05, 0.1) is 19.3 Å². The van der Waals surface area contributed by atoms with Crippen molar-refractivity contribution in [3.63, 3.8) is 0 Å². The molecule has 0 bridgehead atoms. The highest BCUT2D eigenvalue weighted by molar-refractivity contribution is 6.11. The van der Waals surface area contributed by atoms with E-state index in [-0.39, 0.29) is 35.1 Å². The van der Waals surface area contributed by atoms with Crippen LogP contribution in [-0.2, 0) is 22.2 Å². The van der Waals surface area contributed by atoms with Crippen LogP contribution in [0.4, 0.5) is 14.5 Å². The highest BCUT2D eigenvalue weighted by atomic mass is 19.3. The highest BCUT2D eigenvalue weighted by Crippen LogP contribution is 2.52. The molecule has 36 heavy (non-hydrogen) atoms. The number of nitrogens with zero attached hydrogens (tertiary/aromatic N) is 2. The molecule has 5 rings (SSSR count). The molecule has 1 N–H and O–H groups in total. The summed E-state index contributed by atoms with van der Waals surface area (Å²) in [6, 6.07) is 14.5. The van der Waals surface area contributed by atoms with E-state index in [9.17, 15) is 13.6 Å². The van der Waals surface area contributed by atoms with Crippen LogP contribution in [0.3, 0.4) is 0 Å². The van der Waals surface area contributed by atoms with Crippen molar-refractivity contribution in [2.24, 2.45) is 0 Å². The van der Waals surface area contributed by atoms with E-state index in [1.807, 2.05) is 18.2 Å². The number of benzene rings is 2. The van der Waals surface area contributed by atoms with E-state index < -0.39 is 11.7 Å². The number of hydrogen-bond donors (Lipinski definition) is 1. The van der Waals surface area contributed by atoms with Crippen LogP contribution in [0.1, 0.15) is 51.3 Å². The second-order valence-corrected chi connectivity index (χ2v) is 10.7. The number of hydrogen-bond acceptors (Lipinski definition) is 4. The third kappa shape index (κ3) is 4.30. The number of rotatable bonds is 6. The lowest BCUT2D eigenvalue weighted by Gasteiger charge is -2.23. The molecule has 1 saturated carbocycles. The number of nitriles is 1. The van der Waals surface area contributed by atoms with Crippen molar-refractivity contribution in [2.45, 2.75) is 69.5 Å². The zero-order chi connectivity index (χ0) is 25.9. The molecule has 1 aliphatic heterocycles. The predicted octanol–water partition coefficient (Wildman–Crippen LogP) is 5.80. The van der Waals surface area contributed by atoms with Crippen molar-refractivity contribution in [3.05, 3.63) is 53.7 Å². The summed E-state index contributed by atoms with van der Waals surface area (Å²) in [6.07, 6.45) is -2.22. The van der Waals surface area contributed by atoms with E-state index in [0.29, 0.717) is 30.6 Å². The Morgan fingerprint density at radius 2 is 1.89 bits per heavy atom. The van der Waals surface area contributed by atoms with Gasteiger partial charge in [0.25, 0.3) is 0 Å². The number of fused-ring (bicyclic) bond motifs is 2. The molecule has 2 aromatic carbocycles. The van der Waals surface area contributed by atoms with Crippen LogP contribution in [0.25, 0.3) is 10.9 Å². The summed E-state index contributed by atoms with van der Waals surface area (Å²) in [5.74, 6) is -0.593. The van der Waals surface area contributed by atoms with Gasteiger partial charge < -0.3 is 19.4 Å². The van der Waals surface area contributed by atoms with Gasteiger partial charge in [-0.1, -0.05) is 26.8 Å². The summed E-state index contributed by atoms with van der Waals surface area (Å²) < 4.78 is 38.0. The maximum Gasteiger partial charge on any atom is 0.586 e. The van der Waals surface area contributed by atoms with E-state index in [0.717, 1.165) is 16.6 Å². The minimum absolute atomic E-state index is 0.0425. The zero-order valence-corrected chi connectivity index (χ0v) is 20.4. The van der Waals surface area contributed by atoms with Gasteiger partial charge in [0, 0.05) is 40.7 Å². The average molecular weight is 489 g/mol. The topological polar surface area (TPSA) is 76.3 Å². The van der Waals surface area contributed by atoms with Gasteiger partial charge in [0.1, 0.15) is 0 Å². The summed E-state index contributed by atoms with van der Waals surface area (Å²) in [7, 11) is 6.17. The minimum Gasteiger partial charge on any atom is -0.395 e. The smallest absolute Gasteiger partial charge is 0.395 e. The summed E-state index contributed by atoms with van der Waals surface area (Å²) in [6.45, 7) is 6.87. The first-order valence-electron chi connectivity index (χ1n) is 11.9. The fourth-order valence-electron chi connectivity index (χ4n) is 4.85. The lowest BCUT2D eigenvalue weighted by Crippen LogP contribution is -2.27. The lowest BCUT2D eigenvalue weighted by atomic mass is 9.84. The molecule has 2 radical (unpaired) electrons. The van der Waals surface area contributed by atoms with E-state index in [1.165, 1.54) is 12.1 Å². The second-order valence-electron chi connectivity index (χ2n) is 10.7. The van der Waals surface area contributed by atoms with E-state index in [1.54, 1.807) is 6.07 Å². The minimum atomic E-state index is -3.70. The molecular weight excluding hydrogens is 463 g/mol. The standard InChI is InChI=1S/C27H26BF2N3O3/c1-25(2,3)23-13-16-12-19(5-6-20(16)33(23)15-18(28)8-11-31)32-24(34)26(9-10-26)17-4-7-21-22(14-17)36-27(29,30)35-21/h4-7,12-14,18H,8-10,15H2,1-3H3,(H,32,34). The number of anilines is 1. The molecule has 9 heteroatoms. The van der Waals surface area contributed by atoms with E-state index in [2.05, 4.69) is 52.3 Å². The van der Waals surface area contributed by atoms with Crippen molar-refractivity contribution in [3.8, 4) is 17.6 Å². The van der Waals surface area contributed by atoms with Crippen molar-refractivity contribution in [2.75, 3.05) is 5.32 Å². The number of carbonyl (C=O) groups is 1. The van der Waals surface area contributed by atoms with Crippen LogP contribution in [0.2, 0.25) is 5.82 Å². The van der Waals surface area contributed by atoms with E-state index >= 15 is 0 Å². The first kappa shape index (κ1) is 24.2. The molecular formula is C27H26BF2N3O3. The van der Waals surface area contributed by atoms with Crippen LogP contribution in [0.5, 0.6) is 11.5 Å². The number of amides is 1. The Balaban J connectivity index is 1.41. The molecule has 0 spiro atoms. The molecule has 1 aromatic heterocycles. The molecule has 0 saturated heterocycles. The van der Waals surface area contributed by atoms with E-state index in [4.69, 9.17) is 13.1 Å². The maximum atomic E-state index is 13.4. The quantitative estimate of drug-likeness (QED) is 0.444. The Morgan fingerprint density at radius 3 is 2.56 bits per heavy atom. The molecule has 1 atom stereocenters. The monoisotopic (exact) mass is 489 g/mol. The SMILES string of the molecule is [B]C(CC#N)Cn1c(C(C)(C)C)cc2cc(NC(=O)C3(c4ccc5c(c4)OC(F)(F)O5)CC3)ccc21. The molecule has 1 fully saturated rings. The Labute approximate surface area is 209 Å². The van der Waals surface area contributed by atoms with Crippen molar-refractivity contribution >= 4 is 30.3 Å². The fourth-order valence-corrected chi connectivity index (χ4v) is 4.85. The summed E-state index contributed by atoms with van der Waals surface area (Å²) >= 11 is 0. The Bertz CT molecular complexity index is 1400.